The fourth-order valence-corrected chi connectivity index (χ4v) is 3.14. The maximum atomic E-state index is 12.1. The first-order valence-corrected chi connectivity index (χ1v) is 9.89. The molecule has 170 valence electrons. The minimum Gasteiger partial charge on any atom is -0.496 e. The van der Waals surface area contributed by atoms with Gasteiger partial charge in [0.25, 0.3) is 0 Å². The van der Waals surface area contributed by atoms with Crippen molar-refractivity contribution in [1.82, 2.24) is 20.4 Å². The van der Waals surface area contributed by atoms with Gasteiger partial charge in [-0.2, -0.15) is 0 Å². The number of methoxy groups -OCH3 is 1. The van der Waals surface area contributed by atoms with E-state index in [9.17, 15) is 4.79 Å². The van der Waals surface area contributed by atoms with E-state index in [0.717, 1.165) is 11.3 Å². The molecule has 30 heavy (non-hydrogen) atoms. The van der Waals surface area contributed by atoms with Gasteiger partial charge in [-0.15, -0.1) is 24.0 Å². The molecule has 1 fully saturated rings. The summed E-state index contributed by atoms with van der Waals surface area (Å²) in [5.41, 5.74) is 0.634. The molecule has 0 aromatic heterocycles. The van der Waals surface area contributed by atoms with Crippen molar-refractivity contribution in [2.75, 3.05) is 47.9 Å². The van der Waals surface area contributed by atoms with Crippen molar-refractivity contribution < 1.29 is 14.3 Å². The van der Waals surface area contributed by atoms with Crippen LogP contribution >= 0.6 is 24.0 Å². The number of carbonyl (C=O) groups excluding carboxylic acids is 1. The topological polar surface area (TPSA) is 78.4 Å². The van der Waals surface area contributed by atoms with Gasteiger partial charge in [-0.1, -0.05) is 18.2 Å². The number of hydrogen-bond donors (Lipinski definition) is 2. The highest BCUT2D eigenvalue weighted by Crippen LogP contribution is 2.27. The zero-order valence-corrected chi connectivity index (χ0v) is 21.4. The number of halogens is 1. The molecule has 1 aliphatic rings. The Bertz CT molecular complexity index is 715. The van der Waals surface area contributed by atoms with Gasteiger partial charge in [-0.3, -0.25) is 4.99 Å². The zero-order valence-electron chi connectivity index (χ0n) is 19.1. The van der Waals surface area contributed by atoms with Crippen LogP contribution in [0.3, 0.4) is 0 Å². The lowest BCUT2D eigenvalue weighted by molar-refractivity contribution is 0.00700. The van der Waals surface area contributed by atoms with Crippen LogP contribution < -0.4 is 15.4 Å². The van der Waals surface area contributed by atoms with Crippen molar-refractivity contribution in [3.8, 4) is 5.75 Å². The van der Waals surface area contributed by atoms with Crippen molar-refractivity contribution in [2.45, 2.75) is 38.5 Å². The molecule has 0 spiro atoms. The molecular formula is C21H36IN5O3. The van der Waals surface area contributed by atoms with Gasteiger partial charge in [-0.25, -0.2) is 4.79 Å². The molecule has 1 atom stereocenters. The van der Waals surface area contributed by atoms with E-state index < -0.39 is 5.60 Å². The first kappa shape index (κ1) is 26.3. The number of ether oxygens (including phenoxy) is 2. The van der Waals surface area contributed by atoms with Crippen LogP contribution in [0.4, 0.5) is 4.79 Å². The van der Waals surface area contributed by atoms with Gasteiger partial charge in [0, 0.05) is 32.2 Å². The lowest BCUT2D eigenvalue weighted by atomic mass is 10.0. The van der Waals surface area contributed by atoms with Crippen LogP contribution in [-0.2, 0) is 4.74 Å². The molecule has 0 radical (unpaired) electrons. The Balaban J connectivity index is 0.00000450. The Labute approximate surface area is 197 Å². The number of benzene rings is 1. The van der Waals surface area contributed by atoms with Gasteiger partial charge in [0.2, 0.25) is 0 Å². The number of para-hydroxylation sites is 1. The highest BCUT2D eigenvalue weighted by Gasteiger charge is 2.34. The quantitative estimate of drug-likeness (QED) is 0.333. The van der Waals surface area contributed by atoms with Gasteiger partial charge in [0.15, 0.2) is 5.96 Å². The second-order valence-corrected chi connectivity index (χ2v) is 8.40. The molecule has 1 saturated heterocycles. The monoisotopic (exact) mass is 533 g/mol. The van der Waals surface area contributed by atoms with Gasteiger partial charge in [-0.05, 0) is 40.9 Å². The fourth-order valence-electron chi connectivity index (χ4n) is 3.14. The zero-order chi connectivity index (χ0) is 21.6. The minimum atomic E-state index is -0.479. The standard InChI is InChI=1S/C21H35N5O3.HI/c1-21(2,3)29-20(27)26-13-15(14-26)24-19(22-4)23-12-17(25(5)6)16-10-8-9-11-18(16)28-7;/h8-11,15,17H,12-14H2,1-7H3,(H2,22,23,24);1H. The lowest BCUT2D eigenvalue weighted by Crippen LogP contribution is -2.63. The van der Waals surface area contributed by atoms with Crippen LogP contribution in [0.2, 0.25) is 0 Å². The molecule has 9 heteroatoms. The molecule has 1 unspecified atom stereocenters. The molecule has 0 saturated carbocycles. The van der Waals surface area contributed by atoms with Gasteiger partial charge < -0.3 is 29.9 Å². The number of likely N-dealkylation sites (N-methyl/N-ethyl adjacent to an activating group) is 1. The number of nitrogens with zero attached hydrogens (tertiary/aromatic N) is 3. The van der Waals surface area contributed by atoms with Gasteiger partial charge >= 0.3 is 6.09 Å². The maximum Gasteiger partial charge on any atom is 0.410 e. The first-order chi connectivity index (χ1) is 13.6. The molecule has 1 aromatic rings. The summed E-state index contributed by atoms with van der Waals surface area (Å²) in [5.74, 6) is 1.57. The third kappa shape index (κ3) is 7.50. The largest absolute Gasteiger partial charge is 0.496 e. The Kier molecular flexibility index (Phi) is 10.2. The average Bonchev–Trinajstić information content (AvgIpc) is 2.61. The van der Waals surface area contributed by atoms with E-state index in [1.807, 2.05) is 53.1 Å². The van der Waals surface area contributed by atoms with Gasteiger partial charge in [0.1, 0.15) is 11.4 Å². The van der Waals surface area contributed by atoms with E-state index in [-0.39, 0.29) is 42.2 Å². The number of likely N-dealkylation sites (tertiary alicyclic amines) is 1. The normalized spacial score (nSPS) is 15.7. The Hall–Kier alpha value is -1.75. The molecule has 8 nitrogen and oxygen atoms in total. The predicted molar refractivity (Wildman–Crippen MR) is 131 cm³/mol. The summed E-state index contributed by atoms with van der Waals surface area (Å²) in [5, 5.41) is 6.75. The molecule has 0 bridgehead atoms. The third-order valence-electron chi connectivity index (χ3n) is 4.68. The molecule has 1 aliphatic heterocycles. The summed E-state index contributed by atoms with van der Waals surface area (Å²) in [6.07, 6.45) is -0.276. The Morgan fingerprint density at radius 1 is 1.30 bits per heavy atom. The van der Waals surface area contributed by atoms with E-state index in [1.54, 1.807) is 19.1 Å². The van der Waals surface area contributed by atoms with Crippen LogP contribution in [-0.4, -0.2) is 81.4 Å². The van der Waals surface area contributed by atoms with Crippen molar-refractivity contribution in [3.05, 3.63) is 29.8 Å². The number of carbonyl (C=O) groups is 1. The number of aliphatic imine (C=N–C) groups is 1. The summed E-state index contributed by atoms with van der Waals surface area (Å²) in [6, 6.07) is 8.30. The predicted octanol–water partition coefficient (Wildman–Crippen LogP) is 2.70. The van der Waals surface area contributed by atoms with E-state index >= 15 is 0 Å². The SMILES string of the molecule is CN=C(NCC(c1ccccc1OC)N(C)C)NC1CN(C(=O)OC(C)(C)C)C1.I. The summed E-state index contributed by atoms with van der Waals surface area (Å²) < 4.78 is 10.9. The van der Waals surface area contributed by atoms with Crippen molar-refractivity contribution >= 4 is 36.0 Å². The van der Waals surface area contributed by atoms with E-state index in [4.69, 9.17) is 9.47 Å². The molecule has 2 N–H and O–H groups in total. The van der Waals surface area contributed by atoms with Crippen LogP contribution in [0, 0.1) is 0 Å². The van der Waals surface area contributed by atoms with Crippen molar-refractivity contribution in [3.63, 3.8) is 0 Å². The molecule has 1 aromatic carbocycles. The van der Waals surface area contributed by atoms with Gasteiger partial charge in [0.05, 0.1) is 19.2 Å². The molecule has 1 heterocycles. The fraction of sp³-hybridized carbons (Fsp3) is 0.619. The third-order valence-corrected chi connectivity index (χ3v) is 4.68. The molecular weight excluding hydrogens is 497 g/mol. The molecule has 0 aliphatic carbocycles. The smallest absolute Gasteiger partial charge is 0.410 e. The Morgan fingerprint density at radius 2 is 1.93 bits per heavy atom. The minimum absolute atomic E-state index is 0. The van der Waals surface area contributed by atoms with Crippen LogP contribution in [0.25, 0.3) is 0 Å². The average molecular weight is 533 g/mol. The number of hydrogen-bond acceptors (Lipinski definition) is 5. The van der Waals surface area contributed by atoms with Crippen molar-refractivity contribution in [2.24, 2.45) is 4.99 Å². The highest BCUT2D eigenvalue weighted by molar-refractivity contribution is 14.0. The highest BCUT2D eigenvalue weighted by atomic mass is 127. The number of guanidine groups is 1. The van der Waals surface area contributed by atoms with E-state index in [0.29, 0.717) is 25.6 Å². The van der Waals surface area contributed by atoms with Crippen molar-refractivity contribution in [1.29, 1.82) is 0 Å². The van der Waals surface area contributed by atoms with Crippen LogP contribution in [0.15, 0.2) is 29.3 Å². The summed E-state index contributed by atoms with van der Waals surface area (Å²) >= 11 is 0. The Morgan fingerprint density at radius 3 is 2.47 bits per heavy atom. The number of nitrogens with one attached hydrogen (secondary N) is 2. The van der Waals surface area contributed by atoms with E-state index in [2.05, 4.69) is 26.6 Å². The summed E-state index contributed by atoms with van der Waals surface area (Å²) in [6.45, 7) is 7.47. The second-order valence-electron chi connectivity index (χ2n) is 8.40. The maximum absolute atomic E-state index is 12.1. The first-order valence-electron chi connectivity index (χ1n) is 9.89. The second kappa shape index (κ2) is 11.6. The summed E-state index contributed by atoms with van der Waals surface area (Å²) in [7, 11) is 7.51. The number of rotatable bonds is 6. The number of amides is 1. The molecule has 1 amide bonds. The van der Waals surface area contributed by atoms with Crippen LogP contribution in [0.5, 0.6) is 5.75 Å². The molecule has 2 rings (SSSR count). The summed E-state index contributed by atoms with van der Waals surface area (Å²) in [4.78, 5) is 20.2. The lowest BCUT2D eigenvalue weighted by Gasteiger charge is -2.40. The van der Waals surface area contributed by atoms with Crippen LogP contribution in [0.1, 0.15) is 32.4 Å². The van der Waals surface area contributed by atoms with E-state index in [1.165, 1.54) is 0 Å².